The van der Waals surface area contributed by atoms with Crippen LogP contribution in [-0.4, -0.2) is 57.1 Å². The van der Waals surface area contributed by atoms with Gasteiger partial charge >= 0.3 is 5.97 Å². The van der Waals surface area contributed by atoms with Gasteiger partial charge in [-0.3, -0.25) is 4.79 Å². The Morgan fingerprint density at radius 3 is 2.67 bits per heavy atom. The fraction of sp³-hybridized carbons (Fsp3) is 0.600. The van der Waals surface area contributed by atoms with Crippen molar-refractivity contribution in [3.05, 3.63) is 11.4 Å². The summed E-state index contributed by atoms with van der Waals surface area (Å²) < 4.78 is 6.20. The van der Waals surface area contributed by atoms with E-state index in [1.165, 1.54) is 11.8 Å². The topological polar surface area (TPSA) is 97.5 Å². The molecule has 0 saturated carbocycles. The Morgan fingerprint density at radius 1 is 1.44 bits per heavy atom. The fourth-order valence-electron chi connectivity index (χ4n) is 1.70. The molecule has 1 N–H and O–H groups in total. The van der Waals surface area contributed by atoms with Gasteiger partial charge in [-0.25, -0.2) is 9.48 Å². The van der Waals surface area contributed by atoms with E-state index in [1.807, 2.05) is 0 Å². The predicted molar refractivity (Wildman–Crippen MR) is 58.9 cm³/mol. The van der Waals surface area contributed by atoms with Crippen molar-refractivity contribution in [3.63, 3.8) is 0 Å². The molecule has 1 fully saturated rings. The zero-order chi connectivity index (χ0) is 13.1. The van der Waals surface area contributed by atoms with Crippen LogP contribution in [0.3, 0.4) is 0 Å². The Labute approximate surface area is 103 Å². The van der Waals surface area contributed by atoms with Crippen molar-refractivity contribution in [1.29, 1.82) is 0 Å². The highest BCUT2D eigenvalue weighted by molar-refractivity contribution is 5.86. The highest BCUT2D eigenvalue weighted by Gasteiger charge is 2.24. The maximum Gasteiger partial charge on any atom is 0.358 e. The third kappa shape index (κ3) is 2.33. The zero-order valence-corrected chi connectivity index (χ0v) is 10.00. The van der Waals surface area contributed by atoms with E-state index in [0.29, 0.717) is 5.69 Å². The second-order valence-electron chi connectivity index (χ2n) is 4.01. The monoisotopic (exact) mass is 254 g/mol. The molecule has 0 bridgehead atoms. The quantitative estimate of drug-likeness (QED) is 0.750. The molecule has 0 radical (unpaired) electrons. The largest absolute Gasteiger partial charge is 0.476 e. The number of ether oxygens (including phenoxy) is 1. The Balaban J connectivity index is 2.15. The molecule has 0 unspecified atom stereocenters. The Bertz CT molecular complexity index is 466. The van der Waals surface area contributed by atoms with Crippen LogP contribution in [0.2, 0.25) is 0 Å². The van der Waals surface area contributed by atoms with Crippen LogP contribution in [-0.2, 0) is 22.7 Å². The van der Waals surface area contributed by atoms with E-state index in [9.17, 15) is 9.59 Å². The van der Waals surface area contributed by atoms with Crippen molar-refractivity contribution >= 4 is 11.9 Å². The minimum Gasteiger partial charge on any atom is -0.476 e. The molecule has 1 saturated heterocycles. The average molecular weight is 254 g/mol. The summed E-state index contributed by atoms with van der Waals surface area (Å²) in [5, 5.41) is 16.2. The van der Waals surface area contributed by atoms with Crippen molar-refractivity contribution in [1.82, 2.24) is 19.9 Å². The normalized spacial score (nSPS) is 14.4. The fourth-order valence-corrected chi connectivity index (χ4v) is 1.70. The van der Waals surface area contributed by atoms with Gasteiger partial charge < -0.3 is 14.7 Å². The summed E-state index contributed by atoms with van der Waals surface area (Å²) >= 11 is 0. The van der Waals surface area contributed by atoms with E-state index in [-0.39, 0.29) is 24.8 Å². The van der Waals surface area contributed by atoms with E-state index in [2.05, 4.69) is 10.3 Å². The number of hydrogen-bond acceptors (Lipinski definition) is 5. The molecule has 98 valence electrons. The minimum absolute atomic E-state index is 0.00102. The number of hydrogen-bond donors (Lipinski definition) is 1. The van der Waals surface area contributed by atoms with Crippen LogP contribution >= 0.6 is 0 Å². The van der Waals surface area contributed by atoms with Crippen LogP contribution < -0.4 is 0 Å². The molecular weight excluding hydrogens is 240 g/mol. The molecule has 0 atom stereocenters. The van der Waals surface area contributed by atoms with Crippen LogP contribution in [0.4, 0.5) is 0 Å². The molecule has 1 aromatic rings. The molecule has 1 aliphatic heterocycles. The number of likely N-dealkylation sites (tertiary alicyclic amines) is 1. The third-order valence-corrected chi connectivity index (χ3v) is 2.82. The highest BCUT2D eigenvalue weighted by atomic mass is 16.5. The van der Waals surface area contributed by atoms with Gasteiger partial charge in [-0.2, -0.15) is 0 Å². The first-order valence-electron chi connectivity index (χ1n) is 5.56. The minimum atomic E-state index is -1.18. The Hall–Kier alpha value is -1.96. The molecule has 18 heavy (non-hydrogen) atoms. The number of carboxylic acid groups (broad SMARTS) is 1. The number of amides is 1. The van der Waals surface area contributed by atoms with Crippen molar-refractivity contribution in [2.24, 2.45) is 0 Å². The molecule has 1 aliphatic rings. The van der Waals surface area contributed by atoms with Crippen LogP contribution in [0.5, 0.6) is 0 Å². The second kappa shape index (κ2) is 5.13. The first-order chi connectivity index (χ1) is 8.63. The Kier molecular flexibility index (Phi) is 3.56. The summed E-state index contributed by atoms with van der Waals surface area (Å²) in [5.74, 6) is -1.26. The molecule has 8 heteroatoms. The number of carbonyl (C=O) groups excluding carboxylic acids is 1. The number of rotatable bonds is 5. The predicted octanol–water partition coefficient (Wildman–Crippen LogP) is -0.645. The van der Waals surface area contributed by atoms with Crippen LogP contribution in [0.15, 0.2) is 0 Å². The van der Waals surface area contributed by atoms with E-state index in [0.717, 1.165) is 19.5 Å². The molecule has 2 rings (SSSR count). The van der Waals surface area contributed by atoms with Crippen molar-refractivity contribution < 1.29 is 19.4 Å². The van der Waals surface area contributed by atoms with E-state index in [1.54, 1.807) is 4.90 Å². The average Bonchev–Trinajstić information content (AvgIpc) is 2.59. The summed E-state index contributed by atoms with van der Waals surface area (Å²) in [7, 11) is 1.44. The number of aromatic carboxylic acids is 1. The summed E-state index contributed by atoms with van der Waals surface area (Å²) in [6.07, 6.45) is 1.01. The number of carbonyl (C=O) groups is 2. The summed E-state index contributed by atoms with van der Waals surface area (Å²) in [6, 6.07) is 0. The summed E-state index contributed by atoms with van der Waals surface area (Å²) in [5.41, 5.74) is 0.132. The lowest BCUT2D eigenvalue weighted by atomic mass is 10.2. The molecular formula is C10H14N4O4. The maximum absolute atomic E-state index is 11.8. The van der Waals surface area contributed by atoms with Gasteiger partial charge in [0.05, 0.1) is 12.3 Å². The lowest BCUT2D eigenvalue weighted by Gasteiger charge is -2.30. The third-order valence-electron chi connectivity index (χ3n) is 2.82. The van der Waals surface area contributed by atoms with Crippen LogP contribution in [0.25, 0.3) is 0 Å². The Morgan fingerprint density at radius 2 is 2.17 bits per heavy atom. The lowest BCUT2D eigenvalue weighted by Crippen LogP contribution is -2.44. The van der Waals surface area contributed by atoms with E-state index < -0.39 is 5.97 Å². The molecule has 2 heterocycles. The van der Waals surface area contributed by atoms with Gasteiger partial charge in [0.1, 0.15) is 6.54 Å². The molecule has 1 aromatic heterocycles. The van der Waals surface area contributed by atoms with Gasteiger partial charge in [0.2, 0.25) is 5.91 Å². The van der Waals surface area contributed by atoms with E-state index >= 15 is 0 Å². The number of aromatic nitrogens is 3. The molecule has 0 spiro atoms. The van der Waals surface area contributed by atoms with Gasteiger partial charge in [-0.1, -0.05) is 5.21 Å². The smallest absolute Gasteiger partial charge is 0.358 e. The summed E-state index contributed by atoms with van der Waals surface area (Å²) in [6.45, 7) is 1.55. The van der Waals surface area contributed by atoms with Gasteiger partial charge in [-0.15, -0.1) is 5.10 Å². The maximum atomic E-state index is 11.8. The first-order valence-corrected chi connectivity index (χ1v) is 5.56. The van der Waals surface area contributed by atoms with Crippen molar-refractivity contribution in [2.45, 2.75) is 19.6 Å². The number of methoxy groups -OCH3 is 1. The molecule has 1 amide bonds. The van der Waals surface area contributed by atoms with Gasteiger partial charge in [-0.05, 0) is 6.42 Å². The molecule has 0 aromatic carbocycles. The van der Waals surface area contributed by atoms with Gasteiger partial charge in [0.25, 0.3) is 0 Å². The number of carboxylic acids is 1. The first kappa shape index (κ1) is 12.5. The zero-order valence-electron chi connectivity index (χ0n) is 10.00. The molecule has 8 nitrogen and oxygen atoms in total. The standard InChI is InChI=1S/C10H14N4O4/c1-18-6-7-9(10(16)17)11-12-14(7)5-8(15)13-3-2-4-13/h2-6H2,1H3,(H,16,17). The van der Waals surface area contributed by atoms with Crippen molar-refractivity contribution in [3.8, 4) is 0 Å². The van der Waals surface area contributed by atoms with Crippen LogP contribution in [0.1, 0.15) is 22.6 Å². The van der Waals surface area contributed by atoms with Crippen molar-refractivity contribution in [2.75, 3.05) is 20.2 Å². The summed E-state index contributed by atoms with van der Waals surface area (Å²) in [4.78, 5) is 24.4. The SMILES string of the molecule is COCc1c(C(=O)O)nnn1CC(=O)N1CCC1. The number of nitrogens with zero attached hydrogens (tertiary/aromatic N) is 4. The molecule has 0 aliphatic carbocycles. The van der Waals surface area contributed by atoms with Gasteiger partial charge in [0, 0.05) is 20.2 Å². The second-order valence-corrected chi connectivity index (χ2v) is 4.01. The van der Waals surface area contributed by atoms with Gasteiger partial charge in [0.15, 0.2) is 5.69 Å². The van der Waals surface area contributed by atoms with E-state index in [4.69, 9.17) is 9.84 Å². The highest BCUT2D eigenvalue weighted by Crippen LogP contribution is 2.10. The lowest BCUT2D eigenvalue weighted by molar-refractivity contribution is -0.135. The van der Waals surface area contributed by atoms with Crippen LogP contribution in [0, 0.1) is 0 Å².